The Balaban J connectivity index is 2.64. The Morgan fingerprint density at radius 3 is 2.24 bits per heavy atom. The molecular formula is C17H28O4. The van der Waals surface area contributed by atoms with Gasteiger partial charge in [0.2, 0.25) is 0 Å². The van der Waals surface area contributed by atoms with Crippen LogP contribution in [0.15, 0.2) is 11.6 Å². The summed E-state index contributed by atoms with van der Waals surface area (Å²) in [6.07, 6.45) is 5.92. The highest BCUT2D eigenvalue weighted by molar-refractivity contribution is 5.96. The lowest BCUT2D eigenvalue weighted by atomic mass is 10.0. The second-order valence-corrected chi connectivity index (χ2v) is 6.60. The molecule has 1 fully saturated rings. The van der Waals surface area contributed by atoms with Gasteiger partial charge in [0.1, 0.15) is 6.10 Å². The predicted molar refractivity (Wildman–Crippen MR) is 81.7 cm³/mol. The molecule has 21 heavy (non-hydrogen) atoms. The summed E-state index contributed by atoms with van der Waals surface area (Å²) in [6, 6.07) is 0. The highest BCUT2D eigenvalue weighted by Crippen LogP contribution is 2.23. The second-order valence-electron chi connectivity index (χ2n) is 6.60. The van der Waals surface area contributed by atoms with Crippen molar-refractivity contribution < 1.29 is 19.1 Å². The molecule has 0 atom stereocenters. The third-order valence-electron chi connectivity index (χ3n) is 3.32. The molecule has 120 valence electrons. The first-order valence-electron chi connectivity index (χ1n) is 7.96. The molecule has 1 saturated carbocycles. The molecule has 4 heteroatoms. The fraction of sp³-hybridized carbons (Fsp3) is 0.765. The Morgan fingerprint density at radius 1 is 1.10 bits per heavy atom. The van der Waals surface area contributed by atoms with Gasteiger partial charge in [0, 0.05) is 11.6 Å². The largest absolute Gasteiger partial charge is 0.462 e. The number of hydrogen-bond acceptors (Lipinski definition) is 4. The summed E-state index contributed by atoms with van der Waals surface area (Å²) in [5.74, 6) is -0.258. The van der Waals surface area contributed by atoms with E-state index in [-0.39, 0.29) is 23.9 Å². The fourth-order valence-electron chi connectivity index (χ4n) is 2.31. The molecule has 0 spiro atoms. The number of hydrogen-bond donors (Lipinski definition) is 0. The van der Waals surface area contributed by atoms with E-state index in [4.69, 9.17) is 9.47 Å². The summed E-state index contributed by atoms with van der Waals surface area (Å²) in [5, 5.41) is 0. The molecule has 0 radical (unpaired) electrons. The van der Waals surface area contributed by atoms with Gasteiger partial charge in [-0.2, -0.15) is 0 Å². The molecule has 1 rings (SSSR count). The molecule has 0 aliphatic heterocycles. The van der Waals surface area contributed by atoms with Gasteiger partial charge in [0.15, 0.2) is 0 Å². The molecule has 0 aromatic heterocycles. The summed E-state index contributed by atoms with van der Waals surface area (Å²) in [5.41, 5.74) is 0.422. The molecule has 0 amide bonds. The molecule has 4 nitrogen and oxygen atoms in total. The quantitative estimate of drug-likeness (QED) is 0.531. The van der Waals surface area contributed by atoms with Crippen LogP contribution >= 0.6 is 0 Å². The maximum atomic E-state index is 12.2. The first-order valence-corrected chi connectivity index (χ1v) is 7.96. The van der Waals surface area contributed by atoms with E-state index in [1.165, 1.54) is 6.08 Å². The van der Waals surface area contributed by atoms with Gasteiger partial charge < -0.3 is 9.47 Å². The minimum absolute atomic E-state index is 0.0137. The average molecular weight is 296 g/mol. The van der Waals surface area contributed by atoms with Crippen LogP contribution in [0.3, 0.4) is 0 Å². The second kappa shape index (κ2) is 8.85. The van der Waals surface area contributed by atoms with Gasteiger partial charge in [-0.05, 0) is 43.9 Å². The van der Waals surface area contributed by atoms with Crippen molar-refractivity contribution in [2.24, 2.45) is 11.8 Å². The van der Waals surface area contributed by atoms with E-state index in [1.54, 1.807) is 0 Å². The summed E-state index contributed by atoms with van der Waals surface area (Å²) < 4.78 is 10.6. The molecule has 0 heterocycles. The van der Waals surface area contributed by atoms with Crippen molar-refractivity contribution in [1.29, 1.82) is 0 Å². The van der Waals surface area contributed by atoms with E-state index in [1.807, 2.05) is 27.7 Å². The fourth-order valence-corrected chi connectivity index (χ4v) is 2.31. The van der Waals surface area contributed by atoms with Gasteiger partial charge in [-0.15, -0.1) is 0 Å². The highest BCUT2D eigenvalue weighted by Gasteiger charge is 2.22. The van der Waals surface area contributed by atoms with Crippen molar-refractivity contribution in [3.63, 3.8) is 0 Å². The Morgan fingerprint density at radius 2 is 1.71 bits per heavy atom. The van der Waals surface area contributed by atoms with Gasteiger partial charge in [-0.1, -0.05) is 27.7 Å². The first kappa shape index (κ1) is 17.7. The monoisotopic (exact) mass is 296 g/mol. The number of carbonyl (C=O) groups is 2. The third kappa shape index (κ3) is 7.30. The maximum absolute atomic E-state index is 12.2. The number of carbonyl (C=O) groups excluding carboxylic acids is 2. The van der Waals surface area contributed by atoms with E-state index >= 15 is 0 Å². The zero-order valence-electron chi connectivity index (χ0n) is 13.7. The van der Waals surface area contributed by atoms with Crippen molar-refractivity contribution in [3.8, 4) is 0 Å². The van der Waals surface area contributed by atoms with Gasteiger partial charge >= 0.3 is 11.9 Å². The topological polar surface area (TPSA) is 52.6 Å². The lowest BCUT2D eigenvalue weighted by molar-refractivity contribution is -0.145. The molecule has 0 unspecified atom stereocenters. The lowest BCUT2D eigenvalue weighted by Crippen LogP contribution is -2.19. The van der Waals surface area contributed by atoms with Crippen LogP contribution in [0, 0.1) is 11.8 Å². The molecule has 0 bridgehead atoms. The SMILES string of the molecule is CC(C)COC(=O)/C=C(/CC(C)C)C(=O)OC1CCCC1. The molecule has 1 aliphatic rings. The van der Waals surface area contributed by atoms with Crippen LogP contribution in [0.5, 0.6) is 0 Å². The van der Waals surface area contributed by atoms with E-state index < -0.39 is 5.97 Å². The van der Waals surface area contributed by atoms with Gasteiger partial charge in [-0.25, -0.2) is 9.59 Å². The lowest BCUT2D eigenvalue weighted by Gasteiger charge is -2.14. The molecule has 1 aliphatic carbocycles. The van der Waals surface area contributed by atoms with Crippen LogP contribution < -0.4 is 0 Å². The van der Waals surface area contributed by atoms with Crippen molar-refractivity contribution >= 4 is 11.9 Å². The molecule has 0 aromatic rings. The minimum Gasteiger partial charge on any atom is -0.462 e. The Labute approximate surface area is 127 Å². The van der Waals surface area contributed by atoms with Crippen molar-refractivity contribution in [2.75, 3.05) is 6.61 Å². The van der Waals surface area contributed by atoms with Crippen molar-refractivity contribution in [3.05, 3.63) is 11.6 Å². The summed E-state index contributed by atoms with van der Waals surface area (Å²) in [7, 11) is 0. The number of ether oxygens (including phenoxy) is 2. The molecule has 0 saturated heterocycles. The Bertz CT molecular complexity index is 376. The minimum atomic E-state index is -0.456. The summed E-state index contributed by atoms with van der Waals surface area (Å²) in [6.45, 7) is 8.33. The Hall–Kier alpha value is -1.32. The van der Waals surface area contributed by atoms with Crippen LogP contribution in [0.4, 0.5) is 0 Å². The maximum Gasteiger partial charge on any atom is 0.334 e. The van der Waals surface area contributed by atoms with Gasteiger partial charge in [-0.3, -0.25) is 0 Å². The first-order chi connectivity index (χ1) is 9.88. The third-order valence-corrected chi connectivity index (χ3v) is 3.32. The summed E-state index contributed by atoms with van der Waals surface area (Å²) in [4.78, 5) is 24.0. The average Bonchev–Trinajstić information content (AvgIpc) is 2.87. The highest BCUT2D eigenvalue weighted by atomic mass is 16.5. The predicted octanol–water partition coefficient (Wildman–Crippen LogP) is 3.64. The normalized spacial score (nSPS) is 16.6. The van der Waals surface area contributed by atoms with E-state index in [9.17, 15) is 9.59 Å². The number of esters is 2. The molecule has 0 aromatic carbocycles. The van der Waals surface area contributed by atoms with Crippen LogP contribution in [-0.2, 0) is 19.1 Å². The van der Waals surface area contributed by atoms with Crippen LogP contribution in [-0.4, -0.2) is 24.6 Å². The van der Waals surface area contributed by atoms with E-state index in [0.29, 0.717) is 18.6 Å². The van der Waals surface area contributed by atoms with Crippen molar-refractivity contribution in [2.45, 2.75) is 65.9 Å². The van der Waals surface area contributed by atoms with Crippen LogP contribution in [0.2, 0.25) is 0 Å². The van der Waals surface area contributed by atoms with Gasteiger partial charge in [0.25, 0.3) is 0 Å². The standard InChI is InChI=1S/C17H28O4/c1-12(2)9-14(10-16(18)20-11-13(3)4)17(19)21-15-7-5-6-8-15/h10,12-13,15H,5-9,11H2,1-4H3/b14-10-. The van der Waals surface area contributed by atoms with E-state index in [2.05, 4.69) is 0 Å². The smallest absolute Gasteiger partial charge is 0.334 e. The Kier molecular flexibility index (Phi) is 7.48. The van der Waals surface area contributed by atoms with E-state index in [0.717, 1.165) is 25.7 Å². The zero-order valence-corrected chi connectivity index (χ0v) is 13.7. The summed E-state index contributed by atoms with van der Waals surface area (Å²) >= 11 is 0. The van der Waals surface area contributed by atoms with Crippen LogP contribution in [0.1, 0.15) is 59.8 Å². The van der Waals surface area contributed by atoms with Gasteiger partial charge in [0.05, 0.1) is 6.61 Å². The molecule has 0 N–H and O–H groups in total. The van der Waals surface area contributed by atoms with Crippen LogP contribution in [0.25, 0.3) is 0 Å². The zero-order chi connectivity index (χ0) is 15.8. The van der Waals surface area contributed by atoms with Crippen molar-refractivity contribution in [1.82, 2.24) is 0 Å². The molecular weight excluding hydrogens is 268 g/mol. The number of rotatable bonds is 7.